The predicted octanol–water partition coefficient (Wildman–Crippen LogP) is 3.65. The van der Waals surface area contributed by atoms with Crippen molar-refractivity contribution in [3.05, 3.63) is 33.8 Å². The summed E-state index contributed by atoms with van der Waals surface area (Å²) in [6, 6.07) is 5.54. The molecule has 1 amide bonds. The molecule has 11 heteroatoms. The Labute approximate surface area is 217 Å². The summed E-state index contributed by atoms with van der Waals surface area (Å²) in [5, 5.41) is 10.7. The molecule has 2 atom stereocenters. The lowest BCUT2D eigenvalue weighted by Crippen LogP contribution is -2.45. The number of aromatic nitrogens is 3. The molecule has 2 fully saturated rings. The molecule has 3 N–H and O–H groups in total. The number of nitrogens with zero attached hydrogens (tertiary/aromatic N) is 5. The van der Waals surface area contributed by atoms with Crippen LogP contribution in [0.25, 0.3) is 0 Å². The van der Waals surface area contributed by atoms with Crippen molar-refractivity contribution in [1.29, 1.82) is 0 Å². The molecule has 1 aromatic carbocycles. The van der Waals surface area contributed by atoms with E-state index in [9.17, 15) is 4.79 Å². The molecule has 4 rings (SSSR count). The number of hydrogen-bond acceptors (Lipinski definition) is 8. The number of anilines is 3. The van der Waals surface area contributed by atoms with Gasteiger partial charge in [0.1, 0.15) is 0 Å². The third-order valence-electron chi connectivity index (χ3n) is 6.71. The van der Waals surface area contributed by atoms with E-state index in [1.165, 1.54) is 0 Å². The molecule has 1 aliphatic carbocycles. The molecule has 35 heavy (non-hydrogen) atoms. The van der Waals surface area contributed by atoms with E-state index in [-0.39, 0.29) is 11.9 Å². The number of carbonyl (C=O) groups is 1. The SMILES string of the molecule is CNc1nc(NC2CCCC(CC(=O)NCc3ccc(Cl)cc3Cl)C2)nc(N2CCN(C)CC2)n1. The fourth-order valence-electron chi connectivity index (χ4n) is 4.67. The number of piperazine rings is 1. The molecule has 190 valence electrons. The van der Waals surface area contributed by atoms with Crippen LogP contribution in [0, 0.1) is 5.92 Å². The fraction of sp³-hybridized carbons (Fsp3) is 0.583. The standard InChI is InChI=1S/C24H34Cl2N8O/c1-27-22-30-23(32-24(31-22)34-10-8-33(2)9-11-34)29-19-5-3-4-16(12-19)13-21(35)28-15-17-6-7-18(25)14-20(17)26/h6-7,14,16,19H,3-5,8-13,15H2,1-2H3,(H,28,35)(H2,27,29,30,31,32). The second kappa shape index (κ2) is 12.1. The highest BCUT2D eigenvalue weighted by Gasteiger charge is 2.25. The van der Waals surface area contributed by atoms with Crippen molar-refractivity contribution < 1.29 is 4.79 Å². The van der Waals surface area contributed by atoms with Gasteiger partial charge in [0.15, 0.2) is 0 Å². The van der Waals surface area contributed by atoms with Gasteiger partial charge in [0.05, 0.1) is 0 Å². The number of hydrogen-bond donors (Lipinski definition) is 3. The molecule has 2 aromatic rings. The number of halogens is 2. The first-order valence-electron chi connectivity index (χ1n) is 12.2. The number of nitrogens with one attached hydrogen (secondary N) is 3. The van der Waals surface area contributed by atoms with Gasteiger partial charge in [-0.1, -0.05) is 35.7 Å². The minimum atomic E-state index is 0.0386. The maximum Gasteiger partial charge on any atom is 0.232 e. The largest absolute Gasteiger partial charge is 0.357 e. The maximum atomic E-state index is 12.6. The van der Waals surface area contributed by atoms with Gasteiger partial charge in [-0.3, -0.25) is 4.79 Å². The molecule has 0 bridgehead atoms. The Kier molecular flexibility index (Phi) is 8.86. The van der Waals surface area contributed by atoms with E-state index in [1.54, 1.807) is 12.1 Å². The Balaban J connectivity index is 1.31. The normalized spacial score (nSPS) is 21.0. The second-order valence-electron chi connectivity index (χ2n) is 9.41. The molecule has 0 radical (unpaired) electrons. The number of amides is 1. The van der Waals surface area contributed by atoms with Crippen LogP contribution in [0.15, 0.2) is 18.2 Å². The zero-order valence-electron chi connectivity index (χ0n) is 20.4. The van der Waals surface area contributed by atoms with Gasteiger partial charge >= 0.3 is 0 Å². The number of benzene rings is 1. The molecule has 2 aliphatic rings. The smallest absolute Gasteiger partial charge is 0.232 e. The topological polar surface area (TPSA) is 98.3 Å². The van der Waals surface area contributed by atoms with Crippen LogP contribution in [0.4, 0.5) is 17.8 Å². The Morgan fingerprint density at radius 2 is 1.86 bits per heavy atom. The third kappa shape index (κ3) is 7.32. The van der Waals surface area contributed by atoms with Crippen LogP contribution in [0.3, 0.4) is 0 Å². The van der Waals surface area contributed by atoms with Gasteiger partial charge in [-0.05, 0) is 49.9 Å². The van der Waals surface area contributed by atoms with Crippen LogP contribution in [0.1, 0.15) is 37.7 Å². The second-order valence-corrected chi connectivity index (χ2v) is 10.3. The van der Waals surface area contributed by atoms with Crippen molar-refractivity contribution in [1.82, 2.24) is 25.2 Å². The average Bonchev–Trinajstić information content (AvgIpc) is 2.84. The summed E-state index contributed by atoms with van der Waals surface area (Å²) in [7, 11) is 3.95. The lowest BCUT2D eigenvalue weighted by molar-refractivity contribution is -0.122. The fourth-order valence-corrected chi connectivity index (χ4v) is 5.15. The van der Waals surface area contributed by atoms with Crippen LogP contribution in [-0.4, -0.2) is 72.1 Å². The zero-order valence-corrected chi connectivity index (χ0v) is 21.9. The summed E-state index contributed by atoms with van der Waals surface area (Å²) < 4.78 is 0. The first kappa shape index (κ1) is 25.7. The van der Waals surface area contributed by atoms with Gasteiger partial charge < -0.3 is 25.8 Å². The van der Waals surface area contributed by atoms with Gasteiger partial charge in [0.2, 0.25) is 23.8 Å². The van der Waals surface area contributed by atoms with Crippen molar-refractivity contribution in [2.45, 2.75) is 44.7 Å². The Morgan fingerprint density at radius 3 is 2.60 bits per heavy atom. The van der Waals surface area contributed by atoms with Gasteiger partial charge in [-0.2, -0.15) is 15.0 Å². The van der Waals surface area contributed by atoms with Crippen LogP contribution < -0.4 is 20.9 Å². The minimum Gasteiger partial charge on any atom is -0.357 e. The van der Waals surface area contributed by atoms with Crippen molar-refractivity contribution in [3.8, 4) is 0 Å². The van der Waals surface area contributed by atoms with E-state index in [0.717, 1.165) is 57.4 Å². The van der Waals surface area contributed by atoms with E-state index in [1.807, 2.05) is 13.1 Å². The Hall–Kier alpha value is -2.36. The predicted molar refractivity (Wildman–Crippen MR) is 141 cm³/mol. The van der Waals surface area contributed by atoms with Gasteiger partial charge in [-0.25, -0.2) is 0 Å². The maximum absolute atomic E-state index is 12.6. The summed E-state index contributed by atoms with van der Waals surface area (Å²) in [5.41, 5.74) is 0.860. The monoisotopic (exact) mass is 520 g/mol. The molecule has 1 saturated carbocycles. The molecule has 1 aliphatic heterocycles. The third-order valence-corrected chi connectivity index (χ3v) is 7.30. The lowest BCUT2D eigenvalue weighted by Gasteiger charge is -2.33. The summed E-state index contributed by atoms with van der Waals surface area (Å²) in [6.45, 7) is 4.16. The van der Waals surface area contributed by atoms with Crippen LogP contribution in [0.5, 0.6) is 0 Å². The van der Waals surface area contributed by atoms with Crippen LogP contribution in [0.2, 0.25) is 10.0 Å². The number of carbonyl (C=O) groups excluding carboxylic acids is 1. The Morgan fingerprint density at radius 1 is 1.09 bits per heavy atom. The molecule has 2 unspecified atom stereocenters. The molecular formula is C24H34Cl2N8O. The molecular weight excluding hydrogens is 487 g/mol. The summed E-state index contributed by atoms with van der Waals surface area (Å²) in [5.74, 6) is 2.20. The first-order chi connectivity index (χ1) is 16.9. The average molecular weight is 521 g/mol. The van der Waals surface area contributed by atoms with Crippen LogP contribution in [-0.2, 0) is 11.3 Å². The van der Waals surface area contributed by atoms with E-state index in [0.29, 0.717) is 46.8 Å². The van der Waals surface area contributed by atoms with Gasteiger partial charge in [0, 0.05) is 62.3 Å². The molecule has 2 heterocycles. The molecule has 9 nitrogen and oxygen atoms in total. The van der Waals surface area contributed by atoms with E-state index >= 15 is 0 Å². The number of likely N-dealkylation sites (N-methyl/N-ethyl adjacent to an activating group) is 1. The quantitative estimate of drug-likeness (QED) is 0.485. The van der Waals surface area contributed by atoms with Crippen molar-refractivity contribution >= 4 is 47.0 Å². The highest BCUT2D eigenvalue weighted by Crippen LogP contribution is 2.29. The van der Waals surface area contributed by atoms with Crippen molar-refractivity contribution in [3.63, 3.8) is 0 Å². The zero-order chi connectivity index (χ0) is 24.8. The van der Waals surface area contributed by atoms with E-state index in [2.05, 4.69) is 42.8 Å². The van der Waals surface area contributed by atoms with E-state index < -0.39 is 0 Å². The number of rotatable bonds is 8. The summed E-state index contributed by atoms with van der Waals surface area (Å²) in [6.07, 6.45) is 4.53. The first-order valence-corrected chi connectivity index (χ1v) is 13.0. The van der Waals surface area contributed by atoms with E-state index in [4.69, 9.17) is 28.2 Å². The molecule has 1 saturated heterocycles. The Bertz CT molecular complexity index is 1020. The minimum absolute atomic E-state index is 0.0386. The van der Waals surface area contributed by atoms with Crippen molar-refractivity contribution in [2.75, 3.05) is 55.8 Å². The summed E-state index contributed by atoms with van der Waals surface area (Å²) in [4.78, 5) is 30.9. The van der Waals surface area contributed by atoms with Crippen LogP contribution >= 0.6 is 23.2 Å². The molecule has 0 spiro atoms. The van der Waals surface area contributed by atoms with Gasteiger partial charge in [0.25, 0.3) is 0 Å². The van der Waals surface area contributed by atoms with Gasteiger partial charge in [-0.15, -0.1) is 0 Å². The highest BCUT2D eigenvalue weighted by molar-refractivity contribution is 6.35. The molecule has 1 aromatic heterocycles. The van der Waals surface area contributed by atoms with Crippen molar-refractivity contribution in [2.24, 2.45) is 5.92 Å². The highest BCUT2D eigenvalue weighted by atomic mass is 35.5. The summed E-state index contributed by atoms with van der Waals surface area (Å²) >= 11 is 12.2. The lowest BCUT2D eigenvalue weighted by atomic mass is 9.83.